The Hall–Kier alpha value is -3.09. The third-order valence-electron chi connectivity index (χ3n) is 4.88. The van der Waals surface area contributed by atoms with E-state index in [-0.39, 0.29) is 11.4 Å². The number of sulfonamides is 1. The van der Waals surface area contributed by atoms with Gasteiger partial charge in [-0.1, -0.05) is 48.0 Å². The SMILES string of the molecule is COc1cccc(C(=CCCNS(=O)(=O)c2ccc(C)cc2)c2cccc(OC)c2)c1. The predicted octanol–water partition coefficient (Wildman–Crippen LogP) is 4.81. The molecule has 0 unspecified atom stereocenters. The van der Waals surface area contributed by atoms with Crippen molar-refractivity contribution in [3.05, 3.63) is 95.6 Å². The largest absolute Gasteiger partial charge is 0.497 e. The van der Waals surface area contributed by atoms with Gasteiger partial charge in [0.2, 0.25) is 10.0 Å². The van der Waals surface area contributed by atoms with Crippen LogP contribution in [0.1, 0.15) is 23.1 Å². The van der Waals surface area contributed by atoms with Crippen LogP contribution in [-0.2, 0) is 10.0 Å². The Morgan fingerprint density at radius 3 is 1.94 bits per heavy atom. The zero-order chi connectivity index (χ0) is 22.3. The van der Waals surface area contributed by atoms with E-state index in [1.807, 2.05) is 61.5 Å². The van der Waals surface area contributed by atoms with Gasteiger partial charge in [0.15, 0.2) is 0 Å². The summed E-state index contributed by atoms with van der Waals surface area (Å²) in [7, 11) is -0.279. The molecule has 3 rings (SSSR count). The minimum Gasteiger partial charge on any atom is -0.497 e. The molecule has 0 saturated carbocycles. The fourth-order valence-electron chi connectivity index (χ4n) is 3.19. The molecule has 0 fully saturated rings. The van der Waals surface area contributed by atoms with Gasteiger partial charge in [0.25, 0.3) is 0 Å². The maximum Gasteiger partial charge on any atom is 0.240 e. The maximum absolute atomic E-state index is 12.5. The Morgan fingerprint density at radius 2 is 1.42 bits per heavy atom. The highest BCUT2D eigenvalue weighted by Crippen LogP contribution is 2.29. The van der Waals surface area contributed by atoms with Crippen LogP contribution in [0.5, 0.6) is 11.5 Å². The second-order valence-corrected chi connectivity index (χ2v) is 8.85. The molecule has 0 radical (unpaired) electrons. The summed E-state index contributed by atoms with van der Waals surface area (Å²) < 4.78 is 38.5. The van der Waals surface area contributed by atoms with Crippen LogP contribution in [0.4, 0.5) is 0 Å². The van der Waals surface area contributed by atoms with Crippen molar-refractivity contribution in [2.75, 3.05) is 20.8 Å². The van der Waals surface area contributed by atoms with Gasteiger partial charge in [-0.15, -0.1) is 0 Å². The number of hydrogen-bond acceptors (Lipinski definition) is 4. The first-order valence-electron chi connectivity index (χ1n) is 9.98. The monoisotopic (exact) mass is 437 g/mol. The molecule has 0 saturated heterocycles. The average Bonchev–Trinajstić information content (AvgIpc) is 2.79. The molecule has 0 bridgehead atoms. The molecule has 0 aromatic heterocycles. The van der Waals surface area contributed by atoms with E-state index in [4.69, 9.17) is 9.47 Å². The number of hydrogen-bond donors (Lipinski definition) is 1. The van der Waals surface area contributed by atoms with Crippen molar-refractivity contribution in [3.8, 4) is 11.5 Å². The lowest BCUT2D eigenvalue weighted by atomic mass is 9.96. The third-order valence-corrected chi connectivity index (χ3v) is 6.35. The van der Waals surface area contributed by atoms with Crippen LogP contribution in [-0.4, -0.2) is 29.2 Å². The Morgan fingerprint density at radius 1 is 0.871 bits per heavy atom. The van der Waals surface area contributed by atoms with E-state index >= 15 is 0 Å². The summed E-state index contributed by atoms with van der Waals surface area (Å²) in [4.78, 5) is 0.267. The van der Waals surface area contributed by atoms with E-state index in [9.17, 15) is 8.42 Å². The molecule has 31 heavy (non-hydrogen) atoms. The number of methoxy groups -OCH3 is 2. The number of nitrogens with one attached hydrogen (secondary N) is 1. The zero-order valence-corrected chi connectivity index (χ0v) is 18.8. The summed E-state index contributed by atoms with van der Waals surface area (Å²) >= 11 is 0. The lowest BCUT2D eigenvalue weighted by molar-refractivity contribution is 0.414. The van der Waals surface area contributed by atoms with Crippen LogP contribution in [0.3, 0.4) is 0 Å². The molecule has 1 N–H and O–H groups in total. The highest BCUT2D eigenvalue weighted by Gasteiger charge is 2.13. The highest BCUT2D eigenvalue weighted by molar-refractivity contribution is 7.89. The highest BCUT2D eigenvalue weighted by atomic mass is 32.2. The molecule has 162 valence electrons. The smallest absolute Gasteiger partial charge is 0.240 e. The van der Waals surface area contributed by atoms with Crippen molar-refractivity contribution in [1.82, 2.24) is 4.72 Å². The van der Waals surface area contributed by atoms with Crippen molar-refractivity contribution in [2.24, 2.45) is 0 Å². The summed E-state index contributed by atoms with van der Waals surface area (Å²) in [5, 5.41) is 0. The van der Waals surface area contributed by atoms with E-state index in [2.05, 4.69) is 4.72 Å². The zero-order valence-electron chi connectivity index (χ0n) is 18.0. The Balaban J connectivity index is 1.82. The van der Waals surface area contributed by atoms with Gasteiger partial charge < -0.3 is 9.47 Å². The molecule has 6 heteroatoms. The van der Waals surface area contributed by atoms with Gasteiger partial charge in [-0.05, 0) is 66.4 Å². The molecule has 5 nitrogen and oxygen atoms in total. The van der Waals surface area contributed by atoms with Crippen molar-refractivity contribution in [3.63, 3.8) is 0 Å². The summed E-state index contributed by atoms with van der Waals surface area (Å²) in [6.45, 7) is 2.21. The van der Waals surface area contributed by atoms with Crippen molar-refractivity contribution >= 4 is 15.6 Å². The van der Waals surface area contributed by atoms with Gasteiger partial charge in [-0.3, -0.25) is 0 Å². The van der Waals surface area contributed by atoms with Gasteiger partial charge in [0, 0.05) is 6.54 Å². The number of ether oxygens (including phenoxy) is 2. The molecular weight excluding hydrogens is 410 g/mol. The molecule has 3 aromatic carbocycles. The molecule has 0 heterocycles. The van der Waals surface area contributed by atoms with Gasteiger partial charge in [0.05, 0.1) is 19.1 Å². The maximum atomic E-state index is 12.5. The van der Waals surface area contributed by atoms with Crippen molar-refractivity contribution in [1.29, 1.82) is 0 Å². The van der Waals surface area contributed by atoms with Gasteiger partial charge in [-0.25, -0.2) is 13.1 Å². The van der Waals surface area contributed by atoms with E-state index in [1.54, 1.807) is 38.5 Å². The molecule has 3 aromatic rings. The number of rotatable bonds is 9. The lowest BCUT2D eigenvalue weighted by Crippen LogP contribution is -2.24. The first kappa shape index (κ1) is 22.6. The molecule has 0 spiro atoms. The van der Waals surface area contributed by atoms with Crippen LogP contribution >= 0.6 is 0 Å². The van der Waals surface area contributed by atoms with Crippen LogP contribution in [0, 0.1) is 6.92 Å². The molecule has 0 aliphatic carbocycles. The van der Waals surface area contributed by atoms with Crippen LogP contribution < -0.4 is 14.2 Å². The van der Waals surface area contributed by atoms with E-state index in [0.717, 1.165) is 33.8 Å². The van der Waals surface area contributed by atoms with Crippen LogP contribution in [0.15, 0.2) is 83.8 Å². The van der Waals surface area contributed by atoms with E-state index in [1.165, 1.54) is 0 Å². The van der Waals surface area contributed by atoms with Gasteiger partial charge >= 0.3 is 0 Å². The van der Waals surface area contributed by atoms with Crippen molar-refractivity contribution < 1.29 is 17.9 Å². The van der Waals surface area contributed by atoms with Crippen molar-refractivity contribution in [2.45, 2.75) is 18.2 Å². The first-order chi connectivity index (χ1) is 14.9. The number of aryl methyl sites for hydroxylation is 1. The average molecular weight is 438 g/mol. The molecule has 0 amide bonds. The second-order valence-electron chi connectivity index (χ2n) is 7.08. The molecular formula is C25H27NO4S. The summed E-state index contributed by atoms with van der Waals surface area (Å²) in [5.41, 5.74) is 3.96. The van der Waals surface area contributed by atoms with Gasteiger partial charge in [0.1, 0.15) is 11.5 Å². The summed E-state index contributed by atoms with van der Waals surface area (Å²) in [6.07, 6.45) is 2.55. The topological polar surface area (TPSA) is 64.6 Å². The summed E-state index contributed by atoms with van der Waals surface area (Å²) in [5.74, 6) is 1.51. The Labute approximate surface area is 184 Å². The third kappa shape index (κ3) is 5.96. The summed E-state index contributed by atoms with van der Waals surface area (Å²) in [6, 6.07) is 22.4. The van der Waals surface area contributed by atoms with E-state index in [0.29, 0.717) is 6.42 Å². The first-order valence-corrected chi connectivity index (χ1v) is 11.5. The van der Waals surface area contributed by atoms with Crippen LogP contribution in [0.25, 0.3) is 5.57 Å². The van der Waals surface area contributed by atoms with Gasteiger partial charge in [-0.2, -0.15) is 0 Å². The second kappa shape index (κ2) is 10.3. The molecule has 0 aliphatic rings. The fourth-order valence-corrected chi connectivity index (χ4v) is 4.24. The molecule has 0 atom stereocenters. The number of benzene rings is 3. The quantitative estimate of drug-likeness (QED) is 0.488. The normalized spacial score (nSPS) is 11.1. The Bertz CT molecular complexity index is 1100. The minimum absolute atomic E-state index is 0.267. The predicted molar refractivity (Wildman–Crippen MR) is 124 cm³/mol. The lowest BCUT2D eigenvalue weighted by Gasteiger charge is -2.12. The minimum atomic E-state index is -3.54. The standard InChI is InChI=1S/C25H27NO4S/c1-19-12-14-24(15-13-19)31(27,28)26-16-6-11-25(20-7-4-9-22(17-20)29-2)21-8-5-10-23(18-21)30-3/h4-5,7-15,17-18,26H,6,16H2,1-3H3. The Kier molecular flexibility index (Phi) is 7.50. The van der Waals surface area contributed by atoms with E-state index < -0.39 is 10.0 Å². The van der Waals surface area contributed by atoms with Crippen LogP contribution in [0.2, 0.25) is 0 Å². The molecule has 0 aliphatic heterocycles. The fraction of sp³-hybridized carbons (Fsp3) is 0.200.